The van der Waals surface area contributed by atoms with E-state index < -0.39 is 0 Å². The summed E-state index contributed by atoms with van der Waals surface area (Å²) < 4.78 is 19.0. The molecule has 30 rings (SSSR count). The number of benzene rings is 24. The van der Waals surface area contributed by atoms with Gasteiger partial charge in [0.1, 0.15) is 11.2 Å². The maximum atomic E-state index is 6.47. The zero-order valence-corrected chi connectivity index (χ0v) is 81.9. The van der Waals surface area contributed by atoms with Gasteiger partial charge in [0.25, 0.3) is 0 Å². The molecule has 0 aliphatic heterocycles. The zero-order chi connectivity index (χ0) is 96.4. The van der Waals surface area contributed by atoms with E-state index in [4.69, 9.17) is 4.42 Å². The molecule has 0 unspecified atom stereocenters. The number of nitrogens with zero attached hydrogens (tertiary/aromatic N) is 5. The van der Waals surface area contributed by atoms with Gasteiger partial charge in [-0.05, 0) is 213 Å². The maximum absolute atomic E-state index is 6.47. The first-order valence-electron chi connectivity index (χ1n) is 50.1. The molecule has 6 heterocycles. The van der Waals surface area contributed by atoms with E-state index in [0.717, 1.165) is 178 Å². The lowest BCUT2D eigenvalue weighted by Gasteiger charge is -2.30. The van der Waals surface area contributed by atoms with Crippen LogP contribution in [0.3, 0.4) is 0 Å². The molecule has 0 spiro atoms. The Bertz CT molecular complexity index is 10600. The van der Waals surface area contributed by atoms with Crippen molar-refractivity contribution in [2.45, 2.75) is 0 Å². The number of hydrogen-bond acceptors (Lipinski definition) is 7. The molecular weight excluding hydrogens is 1840 g/mol. The Labute approximate surface area is 858 Å². The van der Waals surface area contributed by atoms with Gasteiger partial charge >= 0.3 is 0 Å². The third kappa shape index (κ3) is 13.7. The number of hydrogen-bond donors (Lipinski definition) is 0. The fourth-order valence-corrected chi connectivity index (χ4v) is 27.3. The van der Waals surface area contributed by atoms with Crippen molar-refractivity contribution in [1.29, 1.82) is 0 Å². The molecule has 9 heteroatoms. The van der Waals surface area contributed by atoms with E-state index >= 15 is 0 Å². The molecule has 0 fully saturated rings. The van der Waals surface area contributed by atoms with Crippen LogP contribution in [0, 0.1) is 0 Å². The molecule has 147 heavy (non-hydrogen) atoms. The Morgan fingerprint density at radius 1 is 0.170 bits per heavy atom. The highest BCUT2D eigenvalue weighted by molar-refractivity contribution is 7.27. The lowest BCUT2D eigenvalue weighted by atomic mass is 9.93. The molecule has 24 aromatic carbocycles. The number of anilines is 9. The third-order valence-electron chi connectivity index (χ3n) is 30.3. The van der Waals surface area contributed by atoms with Crippen LogP contribution in [-0.4, -0.2) is 9.13 Å². The SMILES string of the molecule is c1cc(-c2ccc(N(c3ccc(-c4ccc5c(c4)oc4ccccc45)cc3)c3cccc4ccccc34)c(-c3cccc4c3sc3ccccc34)c2)cc(-n2c3ccccc3c3cc(N(c4cc(-c5cccc6c5c5ccccc5n6-c5ccc(N(c6ccccc6-c6cccc7c6sc6ccccc67)c6cccc7ccccc67)cc5)ccc4-c4cccc5c4sc4ccccc45)c4cccc5ccccc45)ccc32)c1. The predicted molar refractivity (Wildman–Crippen MR) is 630 cm³/mol. The number of furan rings is 1. The largest absolute Gasteiger partial charge is 0.456 e. The van der Waals surface area contributed by atoms with Crippen LogP contribution in [0.5, 0.6) is 0 Å². The fourth-order valence-electron chi connectivity index (χ4n) is 23.6. The minimum absolute atomic E-state index is 0.876. The Hall–Kier alpha value is -18.5. The normalized spacial score (nSPS) is 11.9. The van der Waals surface area contributed by atoms with E-state index in [9.17, 15) is 0 Å². The zero-order valence-electron chi connectivity index (χ0n) is 79.4. The minimum atomic E-state index is 0.876. The van der Waals surface area contributed by atoms with Gasteiger partial charge in [-0.2, -0.15) is 0 Å². The summed E-state index contributed by atoms with van der Waals surface area (Å²) in [6, 6.07) is 192. The molecule has 6 nitrogen and oxygen atoms in total. The van der Waals surface area contributed by atoms with Crippen LogP contribution in [0.25, 0.3) is 237 Å². The Balaban J connectivity index is 0.574. The predicted octanol–water partition coefficient (Wildman–Crippen LogP) is 40.8. The van der Waals surface area contributed by atoms with Gasteiger partial charge in [-0.15, -0.1) is 34.0 Å². The molecule has 0 saturated carbocycles. The quantitative estimate of drug-likeness (QED) is 0.0910. The second kappa shape index (κ2) is 34.1. The van der Waals surface area contributed by atoms with Gasteiger partial charge in [0.05, 0.1) is 56.2 Å². The minimum Gasteiger partial charge on any atom is -0.456 e. The van der Waals surface area contributed by atoms with Crippen LogP contribution in [0.2, 0.25) is 0 Å². The summed E-state index contributed by atoms with van der Waals surface area (Å²) in [7, 11) is 0. The molecule has 0 bridgehead atoms. The van der Waals surface area contributed by atoms with E-state index in [0.29, 0.717) is 0 Å². The highest BCUT2D eigenvalue weighted by Gasteiger charge is 2.31. The van der Waals surface area contributed by atoms with Crippen molar-refractivity contribution in [3.8, 4) is 78.1 Å². The lowest BCUT2D eigenvalue weighted by molar-refractivity contribution is 0.669. The van der Waals surface area contributed by atoms with Crippen molar-refractivity contribution >= 4 is 244 Å². The smallest absolute Gasteiger partial charge is 0.136 e. The summed E-state index contributed by atoms with van der Waals surface area (Å²) in [6.07, 6.45) is 0. The summed E-state index contributed by atoms with van der Waals surface area (Å²) in [6.45, 7) is 0. The molecule has 0 aliphatic rings. The molecule has 686 valence electrons. The van der Waals surface area contributed by atoms with Gasteiger partial charge < -0.3 is 28.3 Å². The molecule has 0 aliphatic carbocycles. The second-order valence-corrected chi connectivity index (χ2v) is 41.5. The number of rotatable bonds is 17. The van der Waals surface area contributed by atoms with E-state index in [1.54, 1.807) is 0 Å². The van der Waals surface area contributed by atoms with Gasteiger partial charge in [0.15, 0.2) is 0 Å². The van der Waals surface area contributed by atoms with Crippen molar-refractivity contribution in [1.82, 2.24) is 9.13 Å². The monoisotopic (exact) mass is 1920 g/mol. The summed E-state index contributed by atoms with van der Waals surface area (Å²) in [5, 5.41) is 21.4. The third-order valence-corrected chi connectivity index (χ3v) is 34.0. The Morgan fingerprint density at radius 2 is 0.551 bits per heavy atom. The number of fused-ring (bicyclic) bond motifs is 21. The van der Waals surface area contributed by atoms with Crippen LogP contribution in [-0.2, 0) is 0 Å². The summed E-state index contributed by atoms with van der Waals surface area (Å²) in [4.78, 5) is 7.55. The van der Waals surface area contributed by atoms with Gasteiger partial charge in [-0.25, -0.2) is 0 Å². The van der Waals surface area contributed by atoms with Crippen LogP contribution in [0.4, 0.5) is 51.2 Å². The van der Waals surface area contributed by atoms with Crippen LogP contribution in [0.1, 0.15) is 0 Å². The van der Waals surface area contributed by atoms with Crippen molar-refractivity contribution in [2.75, 3.05) is 14.7 Å². The van der Waals surface area contributed by atoms with Gasteiger partial charge in [-0.1, -0.05) is 352 Å². The molecule has 0 N–H and O–H groups in total. The molecular formula is C138H85N5OS3. The van der Waals surface area contributed by atoms with Gasteiger partial charge in [0.2, 0.25) is 0 Å². The van der Waals surface area contributed by atoms with Crippen molar-refractivity contribution in [3.63, 3.8) is 0 Å². The van der Waals surface area contributed by atoms with E-state index in [2.05, 4.69) is 533 Å². The maximum Gasteiger partial charge on any atom is 0.136 e. The Morgan fingerprint density at radius 3 is 1.16 bits per heavy atom. The first-order chi connectivity index (χ1) is 72.9. The lowest BCUT2D eigenvalue weighted by Crippen LogP contribution is -2.12. The van der Waals surface area contributed by atoms with Crippen LogP contribution >= 0.6 is 34.0 Å². The molecule has 30 aromatic rings. The molecule has 0 saturated heterocycles. The Kier molecular flexibility index (Phi) is 19.6. The summed E-state index contributed by atoms with van der Waals surface area (Å²) >= 11 is 5.62. The van der Waals surface area contributed by atoms with E-state index in [1.165, 1.54) is 110 Å². The number of para-hydroxylation sites is 4. The molecule has 0 atom stereocenters. The first-order valence-corrected chi connectivity index (χ1v) is 52.6. The molecule has 0 radical (unpaired) electrons. The van der Waals surface area contributed by atoms with Crippen molar-refractivity contribution in [3.05, 3.63) is 516 Å². The number of thiophene rings is 3. The van der Waals surface area contributed by atoms with E-state index in [1.807, 2.05) is 40.1 Å². The fraction of sp³-hybridized carbons (Fsp3) is 0. The standard InChI is InChI=1S/C138H85N5OS3/c1-4-37-99-87(29-1)32-22-57-120(99)139(123-54-14-7-40-103(123)111-48-25-50-113-108-43-11-18-62-132(108)145-136(111)113)95-72-74-96(75-73-95)141-125-56-16-9-46-117(125)135-102(47-28-60-128(135)141)93-68-77-105(112-49-26-51-114-109-44-12-19-63-133(109)146-137(112)114)129(83-93)143(122-59-24-34-89-31-3-6-39-101(89)122)98-76-80-127-119(85-98)104-41-8-15-55-124(104)142(127)97-36-21-35-90(81-97)91-69-79-126(118(82-91)116-53-27-52-115-110-45-13-20-64-134(110)147-138(115)116)140(121-58-23-33-88-30-2-5-38-100(88)121)94-70-65-86(66-71-94)92-67-78-107-106-42-10-17-61-130(106)144-131(107)84-92/h1-85H. The highest BCUT2D eigenvalue weighted by Crippen LogP contribution is 2.56. The van der Waals surface area contributed by atoms with E-state index in [-0.39, 0.29) is 0 Å². The average molecular weight is 1930 g/mol. The number of aromatic nitrogens is 2. The van der Waals surface area contributed by atoms with Gasteiger partial charge in [0, 0.05) is 171 Å². The summed E-state index contributed by atoms with van der Waals surface area (Å²) in [5.41, 5.74) is 31.6. The summed E-state index contributed by atoms with van der Waals surface area (Å²) in [5.74, 6) is 0. The molecule has 0 amide bonds. The van der Waals surface area contributed by atoms with Crippen LogP contribution in [0.15, 0.2) is 520 Å². The van der Waals surface area contributed by atoms with Crippen LogP contribution < -0.4 is 14.7 Å². The highest BCUT2D eigenvalue weighted by atomic mass is 32.1. The average Bonchev–Trinajstić information content (AvgIpc) is 1.62. The van der Waals surface area contributed by atoms with Crippen molar-refractivity contribution < 1.29 is 4.42 Å². The van der Waals surface area contributed by atoms with Crippen molar-refractivity contribution in [2.24, 2.45) is 0 Å². The first kappa shape index (κ1) is 84.2. The molecule has 6 aromatic heterocycles. The second-order valence-electron chi connectivity index (χ2n) is 38.4. The topological polar surface area (TPSA) is 32.7 Å². The van der Waals surface area contributed by atoms with Gasteiger partial charge in [-0.3, -0.25) is 0 Å².